The Morgan fingerprint density at radius 2 is 1.64 bits per heavy atom. The fourth-order valence-corrected chi connectivity index (χ4v) is 2.05. The normalized spacial score (nSPS) is 26.6. The van der Waals surface area contributed by atoms with E-state index < -0.39 is 0 Å². The molecule has 0 amide bonds. The van der Waals surface area contributed by atoms with E-state index >= 15 is 0 Å². The summed E-state index contributed by atoms with van der Waals surface area (Å²) in [5, 5.41) is 7.01. The average molecular weight is 200 g/mol. The van der Waals surface area contributed by atoms with Crippen LogP contribution in [0.2, 0.25) is 0 Å². The second-order valence-electron chi connectivity index (χ2n) is 3.74. The molecule has 1 aliphatic rings. The lowest BCUT2D eigenvalue weighted by atomic mass is 9.90. The predicted octanol–water partition coefficient (Wildman–Crippen LogP) is 2.54. The smallest absolute Gasteiger partial charge is 0.0221 e. The van der Waals surface area contributed by atoms with E-state index in [0.29, 0.717) is 6.04 Å². The van der Waals surface area contributed by atoms with Gasteiger partial charge in [0.1, 0.15) is 0 Å². The van der Waals surface area contributed by atoms with Gasteiger partial charge in [-0.3, -0.25) is 0 Å². The van der Waals surface area contributed by atoms with Crippen molar-refractivity contribution < 1.29 is 0 Å². The van der Waals surface area contributed by atoms with Gasteiger partial charge in [0.05, 0.1) is 0 Å². The topological polar surface area (TPSA) is 24.1 Å². The van der Waals surface area contributed by atoms with Crippen LogP contribution >= 0.6 is 0 Å². The summed E-state index contributed by atoms with van der Waals surface area (Å²) in [4.78, 5) is 0. The van der Waals surface area contributed by atoms with Gasteiger partial charge in [-0.05, 0) is 32.9 Å². The minimum absolute atomic E-state index is 0.713. The highest BCUT2D eigenvalue weighted by Gasteiger charge is 2.22. The molecule has 1 saturated carbocycles. The largest absolute Gasteiger partial charge is 0.315 e. The minimum Gasteiger partial charge on any atom is -0.315 e. The SMILES string of the molecule is CC.CCCNC1CCCCC1NC. The summed E-state index contributed by atoms with van der Waals surface area (Å²) < 4.78 is 0. The fraction of sp³-hybridized carbons (Fsp3) is 1.00. The van der Waals surface area contributed by atoms with Crippen LogP contribution in [-0.4, -0.2) is 25.7 Å². The van der Waals surface area contributed by atoms with Gasteiger partial charge in [-0.25, -0.2) is 0 Å². The van der Waals surface area contributed by atoms with Crippen LogP contribution in [0.3, 0.4) is 0 Å². The molecule has 0 heterocycles. The van der Waals surface area contributed by atoms with Crippen LogP contribution in [0.25, 0.3) is 0 Å². The molecule has 1 aliphatic carbocycles. The van der Waals surface area contributed by atoms with Crippen LogP contribution in [0.4, 0.5) is 0 Å². The van der Waals surface area contributed by atoms with Crippen molar-refractivity contribution in [3.63, 3.8) is 0 Å². The van der Waals surface area contributed by atoms with Crippen molar-refractivity contribution in [2.45, 2.75) is 65.0 Å². The van der Waals surface area contributed by atoms with E-state index in [1.807, 2.05) is 13.8 Å². The summed E-state index contributed by atoms with van der Waals surface area (Å²) in [6, 6.07) is 1.44. The van der Waals surface area contributed by atoms with Crippen LogP contribution in [-0.2, 0) is 0 Å². The highest BCUT2D eigenvalue weighted by molar-refractivity contribution is 4.84. The summed E-state index contributed by atoms with van der Waals surface area (Å²) in [6.45, 7) is 7.40. The molecule has 0 aliphatic heterocycles. The zero-order valence-electron chi connectivity index (χ0n) is 10.4. The Kier molecular flexibility index (Phi) is 9.42. The molecule has 2 nitrogen and oxygen atoms in total. The van der Waals surface area contributed by atoms with Gasteiger partial charge in [0.25, 0.3) is 0 Å². The fourth-order valence-electron chi connectivity index (χ4n) is 2.05. The van der Waals surface area contributed by atoms with Gasteiger partial charge in [-0.15, -0.1) is 0 Å². The average Bonchev–Trinajstić information content (AvgIpc) is 2.29. The summed E-state index contributed by atoms with van der Waals surface area (Å²) >= 11 is 0. The maximum atomic E-state index is 3.61. The highest BCUT2D eigenvalue weighted by atomic mass is 15.0. The van der Waals surface area contributed by atoms with E-state index in [0.717, 1.165) is 6.04 Å². The van der Waals surface area contributed by atoms with Gasteiger partial charge in [-0.2, -0.15) is 0 Å². The minimum atomic E-state index is 0.713. The van der Waals surface area contributed by atoms with Crippen molar-refractivity contribution in [1.29, 1.82) is 0 Å². The van der Waals surface area contributed by atoms with E-state index in [-0.39, 0.29) is 0 Å². The molecular weight excluding hydrogens is 172 g/mol. The quantitative estimate of drug-likeness (QED) is 0.729. The Labute approximate surface area is 89.9 Å². The van der Waals surface area contributed by atoms with E-state index in [9.17, 15) is 0 Å². The number of hydrogen-bond donors (Lipinski definition) is 2. The van der Waals surface area contributed by atoms with Gasteiger partial charge in [0.15, 0.2) is 0 Å². The summed E-state index contributed by atoms with van der Waals surface area (Å²) in [5.74, 6) is 0. The standard InChI is InChI=1S/C10H22N2.C2H6/c1-3-8-12-10-7-5-4-6-9(10)11-2;1-2/h9-12H,3-8H2,1-2H3;1-2H3. The maximum absolute atomic E-state index is 3.61. The number of rotatable bonds is 4. The third-order valence-electron chi connectivity index (χ3n) is 2.79. The number of hydrogen-bond acceptors (Lipinski definition) is 2. The van der Waals surface area contributed by atoms with Crippen LogP contribution in [0.15, 0.2) is 0 Å². The lowest BCUT2D eigenvalue weighted by Crippen LogP contribution is -2.48. The molecule has 0 aromatic heterocycles. The molecule has 86 valence electrons. The van der Waals surface area contributed by atoms with Crippen molar-refractivity contribution in [2.24, 2.45) is 0 Å². The molecule has 0 aromatic carbocycles. The van der Waals surface area contributed by atoms with E-state index in [2.05, 4.69) is 24.6 Å². The lowest BCUT2D eigenvalue weighted by molar-refractivity contribution is 0.296. The summed E-state index contributed by atoms with van der Waals surface area (Å²) in [6.07, 6.45) is 6.74. The molecule has 0 spiro atoms. The van der Waals surface area contributed by atoms with Gasteiger partial charge >= 0.3 is 0 Å². The van der Waals surface area contributed by atoms with E-state index in [1.165, 1.54) is 38.6 Å². The number of likely N-dealkylation sites (N-methyl/N-ethyl adjacent to an activating group) is 1. The third-order valence-corrected chi connectivity index (χ3v) is 2.79. The molecule has 0 aromatic rings. The Morgan fingerprint density at radius 1 is 1.07 bits per heavy atom. The highest BCUT2D eigenvalue weighted by Crippen LogP contribution is 2.17. The maximum Gasteiger partial charge on any atom is 0.0221 e. The van der Waals surface area contributed by atoms with Gasteiger partial charge in [0.2, 0.25) is 0 Å². The van der Waals surface area contributed by atoms with Crippen LogP contribution in [0.5, 0.6) is 0 Å². The monoisotopic (exact) mass is 200 g/mol. The molecule has 2 N–H and O–H groups in total. The van der Waals surface area contributed by atoms with Crippen LogP contribution in [0.1, 0.15) is 52.9 Å². The molecule has 2 atom stereocenters. The van der Waals surface area contributed by atoms with Crippen molar-refractivity contribution in [3.05, 3.63) is 0 Å². The summed E-state index contributed by atoms with van der Waals surface area (Å²) in [5.41, 5.74) is 0. The van der Waals surface area contributed by atoms with E-state index in [4.69, 9.17) is 0 Å². The number of nitrogens with one attached hydrogen (secondary N) is 2. The van der Waals surface area contributed by atoms with Gasteiger partial charge < -0.3 is 10.6 Å². The molecule has 0 bridgehead atoms. The van der Waals surface area contributed by atoms with Crippen molar-refractivity contribution in [3.8, 4) is 0 Å². The Hall–Kier alpha value is -0.0800. The first-order valence-corrected chi connectivity index (χ1v) is 6.29. The zero-order valence-corrected chi connectivity index (χ0v) is 10.4. The second-order valence-corrected chi connectivity index (χ2v) is 3.74. The lowest BCUT2D eigenvalue weighted by Gasteiger charge is -2.32. The van der Waals surface area contributed by atoms with E-state index in [1.54, 1.807) is 0 Å². The second kappa shape index (κ2) is 9.47. The van der Waals surface area contributed by atoms with Crippen molar-refractivity contribution in [2.75, 3.05) is 13.6 Å². The molecule has 1 fully saturated rings. The Bertz CT molecular complexity index is 115. The third kappa shape index (κ3) is 4.97. The summed E-state index contributed by atoms with van der Waals surface area (Å²) in [7, 11) is 2.08. The first-order chi connectivity index (χ1) is 6.88. The zero-order chi connectivity index (χ0) is 10.8. The van der Waals surface area contributed by atoms with Crippen LogP contribution < -0.4 is 10.6 Å². The molecule has 1 rings (SSSR count). The van der Waals surface area contributed by atoms with Crippen molar-refractivity contribution >= 4 is 0 Å². The molecule has 2 heteroatoms. The van der Waals surface area contributed by atoms with Gasteiger partial charge in [0, 0.05) is 12.1 Å². The molecule has 14 heavy (non-hydrogen) atoms. The van der Waals surface area contributed by atoms with Gasteiger partial charge in [-0.1, -0.05) is 33.6 Å². The Balaban J connectivity index is 0.000000791. The molecule has 2 unspecified atom stereocenters. The predicted molar refractivity (Wildman–Crippen MR) is 64.7 cm³/mol. The first kappa shape index (κ1) is 13.9. The molecule has 0 radical (unpaired) electrons. The van der Waals surface area contributed by atoms with Crippen molar-refractivity contribution in [1.82, 2.24) is 10.6 Å². The molecular formula is C12H28N2. The molecule has 0 saturated heterocycles. The first-order valence-electron chi connectivity index (χ1n) is 6.29. The van der Waals surface area contributed by atoms with Crippen LogP contribution in [0, 0.1) is 0 Å². The Morgan fingerprint density at radius 3 is 2.14 bits per heavy atom.